The first kappa shape index (κ1) is 19.8. The molecule has 5 heterocycles. The number of fused-ring (bicyclic) bond motifs is 1. The minimum atomic E-state index is -1.66. The van der Waals surface area contributed by atoms with Gasteiger partial charge < -0.3 is 19.4 Å². The van der Waals surface area contributed by atoms with E-state index in [0.717, 1.165) is 53.2 Å². The number of likely N-dealkylation sites (N-methyl/N-ethyl adjacent to an activating group) is 1. The van der Waals surface area contributed by atoms with Gasteiger partial charge in [0.25, 0.3) is 5.91 Å². The zero-order chi connectivity index (χ0) is 22.6. The number of pyridine rings is 1. The van der Waals surface area contributed by atoms with Crippen LogP contribution in [-0.4, -0.2) is 62.7 Å². The summed E-state index contributed by atoms with van der Waals surface area (Å²) in [5, 5.41) is 15.0. The summed E-state index contributed by atoms with van der Waals surface area (Å²) in [5.74, 6) is 0.654. The molecule has 6 rings (SSSR count). The second-order valence-electron chi connectivity index (χ2n) is 8.60. The minimum absolute atomic E-state index is 0.164. The molecule has 2 aliphatic heterocycles. The zero-order valence-corrected chi connectivity index (χ0v) is 18.1. The normalized spacial score (nSPS) is 20.5. The summed E-state index contributed by atoms with van der Waals surface area (Å²) >= 11 is 0. The Morgan fingerprint density at radius 1 is 1.03 bits per heavy atom. The van der Waals surface area contributed by atoms with Crippen LogP contribution in [0.3, 0.4) is 0 Å². The number of likely N-dealkylation sites (tertiary alicyclic amines) is 1. The lowest BCUT2D eigenvalue weighted by Gasteiger charge is -2.32. The second kappa shape index (κ2) is 7.35. The van der Waals surface area contributed by atoms with Crippen molar-refractivity contribution in [2.75, 3.05) is 31.6 Å². The molecule has 0 saturated carbocycles. The highest BCUT2D eigenvalue weighted by Crippen LogP contribution is 2.35. The third-order valence-corrected chi connectivity index (χ3v) is 6.50. The number of aromatic nitrogens is 4. The number of aliphatic hydroxyl groups is 1. The Morgan fingerprint density at radius 3 is 2.58 bits per heavy atom. The summed E-state index contributed by atoms with van der Waals surface area (Å²) in [7, 11) is 1.66. The highest BCUT2D eigenvalue weighted by molar-refractivity contribution is 5.89. The first-order valence-electron chi connectivity index (χ1n) is 11.0. The van der Waals surface area contributed by atoms with Crippen LogP contribution in [0.4, 0.5) is 5.82 Å². The highest BCUT2D eigenvalue weighted by atomic mass is 16.5. The molecule has 9 nitrogen and oxygen atoms in total. The topological polar surface area (TPSA) is 108 Å². The van der Waals surface area contributed by atoms with E-state index < -0.39 is 5.60 Å². The van der Waals surface area contributed by atoms with Crippen molar-refractivity contribution in [2.24, 2.45) is 0 Å². The maximum Gasteiger partial charge on any atom is 0.262 e. The summed E-state index contributed by atoms with van der Waals surface area (Å²) < 4.78 is 5.40. The lowest BCUT2D eigenvalue weighted by molar-refractivity contribution is -0.144. The summed E-state index contributed by atoms with van der Waals surface area (Å²) in [6, 6.07) is 13.3. The zero-order valence-electron chi connectivity index (χ0n) is 18.1. The maximum absolute atomic E-state index is 12.4. The Balaban J connectivity index is 1.36. The molecule has 2 saturated heterocycles. The number of hydrogen-bond donors (Lipinski definition) is 1. The summed E-state index contributed by atoms with van der Waals surface area (Å²) in [5.41, 5.74) is 3.00. The molecule has 33 heavy (non-hydrogen) atoms. The van der Waals surface area contributed by atoms with Gasteiger partial charge in [-0.25, -0.2) is 15.0 Å². The summed E-state index contributed by atoms with van der Waals surface area (Å²) in [6.07, 6.45) is 3.02. The molecule has 0 unspecified atom stereocenters. The van der Waals surface area contributed by atoms with Crippen LogP contribution in [0.1, 0.15) is 18.6 Å². The summed E-state index contributed by atoms with van der Waals surface area (Å²) in [6.45, 7) is 2.43. The van der Waals surface area contributed by atoms with Gasteiger partial charge in [0, 0.05) is 50.3 Å². The number of hydrogen-bond acceptors (Lipinski definition) is 8. The molecule has 0 bridgehead atoms. The third-order valence-electron chi connectivity index (χ3n) is 6.50. The third kappa shape index (κ3) is 3.15. The van der Waals surface area contributed by atoms with Gasteiger partial charge >= 0.3 is 0 Å². The van der Waals surface area contributed by atoms with Gasteiger partial charge in [0.15, 0.2) is 11.6 Å². The Morgan fingerprint density at radius 2 is 1.85 bits per heavy atom. The summed E-state index contributed by atoms with van der Waals surface area (Å²) in [4.78, 5) is 29.8. The van der Waals surface area contributed by atoms with E-state index >= 15 is 0 Å². The van der Waals surface area contributed by atoms with Gasteiger partial charge in [-0.15, -0.1) is 0 Å². The molecule has 2 aliphatic rings. The molecule has 0 radical (unpaired) electrons. The fourth-order valence-electron chi connectivity index (χ4n) is 4.37. The van der Waals surface area contributed by atoms with E-state index in [1.54, 1.807) is 19.4 Å². The Kier molecular flexibility index (Phi) is 4.41. The number of nitrogens with zero attached hydrogens (tertiary/aromatic N) is 6. The predicted molar refractivity (Wildman–Crippen MR) is 121 cm³/mol. The molecule has 2 fully saturated rings. The van der Waals surface area contributed by atoms with Gasteiger partial charge in [-0.05, 0) is 24.6 Å². The first-order valence-corrected chi connectivity index (χ1v) is 11.0. The average Bonchev–Trinajstić information content (AvgIpc) is 3.41. The molecular formula is C24H22N6O3. The van der Waals surface area contributed by atoms with Crippen LogP contribution in [0.5, 0.6) is 0 Å². The van der Waals surface area contributed by atoms with E-state index in [4.69, 9.17) is 9.51 Å². The van der Waals surface area contributed by atoms with Crippen LogP contribution in [0.25, 0.3) is 33.5 Å². The maximum atomic E-state index is 12.4. The minimum Gasteiger partial charge on any atom is -0.373 e. The number of carbonyl (C=O) groups excluding carboxylic acids is 1. The van der Waals surface area contributed by atoms with Crippen LogP contribution in [0, 0.1) is 0 Å². The first-order chi connectivity index (χ1) is 16.0. The van der Waals surface area contributed by atoms with E-state index in [1.165, 1.54) is 4.90 Å². The number of carbonyl (C=O) groups is 1. The lowest BCUT2D eigenvalue weighted by Crippen LogP contribution is -2.37. The molecule has 0 spiro atoms. The van der Waals surface area contributed by atoms with E-state index in [1.807, 2.05) is 36.4 Å². The Labute approximate surface area is 189 Å². The molecule has 1 atom stereocenters. The molecule has 1 aromatic carbocycles. The standard InChI is InChI=1S/C24H22N6O3/c1-29-11-8-24(32,23(29)31)20-13-19(28-33-20)16-5-2-4-15(12-16)17-6-7-18-21(27-17)22(26-14-25-18)30-9-3-10-30/h2,4-7,12-14,32H,3,8-11H2,1H3/t24-/m1/s1. The van der Waals surface area contributed by atoms with Crippen molar-refractivity contribution in [3.05, 3.63) is 54.6 Å². The van der Waals surface area contributed by atoms with Gasteiger partial charge in [-0.2, -0.15) is 0 Å². The van der Waals surface area contributed by atoms with E-state index in [9.17, 15) is 9.90 Å². The molecule has 1 amide bonds. The van der Waals surface area contributed by atoms with Crippen molar-refractivity contribution in [1.82, 2.24) is 25.0 Å². The SMILES string of the molecule is CN1CC[C@@](O)(c2cc(-c3cccc(-c4ccc5ncnc(N6CCC6)c5n4)c3)no2)C1=O. The smallest absolute Gasteiger partial charge is 0.262 e. The predicted octanol–water partition coefficient (Wildman–Crippen LogP) is 2.61. The van der Waals surface area contributed by atoms with Crippen LogP contribution < -0.4 is 4.90 Å². The van der Waals surface area contributed by atoms with Crippen LogP contribution in [0.2, 0.25) is 0 Å². The average molecular weight is 442 g/mol. The molecule has 1 N–H and O–H groups in total. The van der Waals surface area contributed by atoms with Gasteiger partial charge in [-0.3, -0.25) is 4.79 Å². The molecule has 4 aromatic rings. The molecule has 3 aromatic heterocycles. The number of amides is 1. The monoisotopic (exact) mass is 442 g/mol. The van der Waals surface area contributed by atoms with Crippen molar-refractivity contribution >= 4 is 22.8 Å². The second-order valence-corrected chi connectivity index (χ2v) is 8.60. The lowest BCUT2D eigenvalue weighted by atomic mass is 9.97. The van der Waals surface area contributed by atoms with Crippen molar-refractivity contribution in [3.8, 4) is 22.5 Å². The number of benzene rings is 1. The Hall–Kier alpha value is -3.85. The largest absolute Gasteiger partial charge is 0.373 e. The van der Waals surface area contributed by atoms with Crippen LogP contribution in [0.15, 0.2) is 53.3 Å². The van der Waals surface area contributed by atoms with E-state index in [2.05, 4.69) is 20.0 Å². The van der Waals surface area contributed by atoms with Crippen molar-refractivity contribution < 1.29 is 14.4 Å². The molecular weight excluding hydrogens is 420 g/mol. The van der Waals surface area contributed by atoms with Gasteiger partial charge in [0.2, 0.25) is 5.60 Å². The molecule has 0 aliphatic carbocycles. The van der Waals surface area contributed by atoms with Crippen molar-refractivity contribution in [2.45, 2.75) is 18.4 Å². The highest BCUT2D eigenvalue weighted by Gasteiger charge is 2.48. The van der Waals surface area contributed by atoms with Crippen molar-refractivity contribution in [3.63, 3.8) is 0 Å². The fraction of sp³-hybridized carbons (Fsp3) is 0.292. The molecule has 166 valence electrons. The number of anilines is 1. The van der Waals surface area contributed by atoms with Crippen molar-refractivity contribution in [1.29, 1.82) is 0 Å². The van der Waals surface area contributed by atoms with Gasteiger partial charge in [-0.1, -0.05) is 23.4 Å². The van der Waals surface area contributed by atoms with Gasteiger partial charge in [0.1, 0.15) is 17.5 Å². The number of rotatable bonds is 4. The Bertz CT molecular complexity index is 1380. The molecule has 9 heteroatoms. The van der Waals surface area contributed by atoms with Crippen LogP contribution in [-0.2, 0) is 10.4 Å². The van der Waals surface area contributed by atoms with E-state index in [0.29, 0.717) is 12.2 Å². The quantitative estimate of drug-likeness (QED) is 0.514. The van der Waals surface area contributed by atoms with Crippen LogP contribution >= 0.6 is 0 Å². The van der Waals surface area contributed by atoms with E-state index in [-0.39, 0.29) is 18.1 Å². The fourth-order valence-corrected chi connectivity index (χ4v) is 4.37. The van der Waals surface area contributed by atoms with Gasteiger partial charge in [0.05, 0.1) is 11.2 Å².